The number of ether oxygens (including phenoxy) is 1. The standard InChI is InChI=1S/C18H24N4O/c1-23-12-15-10-22(9-13-7-8-13)11-16(15)18-19-17(20-21-18)14-5-3-2-4-6-14/h2-6,13,15-16H,7-12H2,1H3,(H,19,20,21)/t15-,16+/m0/s1. The van der Waals surface area contributed by atoms with Gasteiger partial charge in [-0.1, -0.05) is 30.3 Å². The van der Waals surface area contributed by atoms with Crippen molar-refractivity contribution < 1.29 is 4.74 Å². The molecule has 1 aromatic heterocycles. The highest BCUT2D eigenvalue weighted by Gasteiger charge is 2.38. The number of benzene rings is 1. The Hall–Kier alpha value is -1.72. The van der Waals surface area contributed by atoms with Crippen molar-refractivity contribution in [3.05, 3.63) is 36.2 Å². The first-order chi connectivity index (χ1) is 11.3. The fourth-order valence-electron chi connectivity index (χ4n) is 3.62. The summed E-state index contributed by atoms with van der Waals surface area (Å²) in [5.74, 6) is 3.60. The van der Waals surface area contributed by atoms with Gasteiger partial charge in [-0.2, -0.15) is 5.10 Å². The Morgan fingerprint density at radius 3 is 2.78 bits per heavy atom. The summed E-state index contributed by atoms with van der Waals surface area (Å²) in [6, 6.07) is 10.2. The maximum absolute atomic E-state index is 5.45. The molecule has 23 heavy (non-hydrogen) atoms. The van der Waals surface area contributed by atoms with E-state index in [1.54, 1.807) is 7.11 Å². The third-order valence-corrected chi connectivity index (χ3v) is 5.00. The van der Waals surface area contributed by atoms with Crippen molar-refractivity contribution >= 4 is 0 Å². The molecule has 122 valence electrons. The van der Waals surface area contributed by atoms with Crippen molar-refractivity contribution in [2.24, 2.45) is 11.8 Å². The first-order valence-corrected chi connectivity index (χ1v) is 8.52. The quantitative estimate of drug-likeness (QED) is 0.890. The smallest absolute Gasteiger partial charge is 0.181 e. The van der Waals surface area contributed by atoms with E-state index >= 15 is 0 Å². The van der Waals surface area contributed by atoms with Gasteiger partial charge in [0.2, 0.25) is 0 Å². The summed E-state index contributed by atoms with van der Waals surface area (Å²) in [5, 5.41) is 7.61. The second-order valence-corrected chi connectivity index (χ2v) is 6.89. The molecule has 1 saturated heterocycles. The van der Waals surface area contributed by atoms with E-state index in [1.165, 1.54) is 19.4 Å². The van der Waals surface area contributed by atoms with Crippen LogP contribution >= 0.6 is 0 Å². The molecule has 2 aliphatic rings. The van der Waals surface area contributed by atoms with Crippen LogP contribution in [0.15, 0.2) is 30.3 Å². The molecule has 1 N–H and O–H groups in total. The average Bonchev–Trinajstić information content (AvgIpc) is 3.10. The molecule has 0 radical (unpaired) electrons. The number of rotatable bonds is 6. The number of H-pyrrole nitrogens is 1. The van der Waals surface area contributed by atoms with Crippen LogP contribution in [0.25, 0.3) is 11.4 Å². The van der Waals surface area contributed by atoms with Gasteiger partial charge in [0.1, 0.15) is 5.82 Å². The highest BCUT2D eigenvalue weighted by Crippen LogP contribution is 2.36. The maximum atomic E-state index is 5.45. The second-order valence-electron chi connectivity index (χ2n) is 6.89. The van der Waals surface area contributed by atoms with Gasteiger partial charge in [-0.15, -0.1) is 0 Å². The number of aromatic nitrogens is 3. The van der Waals surface area contributed by atoms with Crippen LogP contribution in [0.2, 0.25) is 0 Å². The summed E-state index contributed by atoms with van der Waals surface area (Å²) in [6.45, 7) is 4.19. The Morgan fingerprint density at radius 2 is 2.04 bits per heavy atom. The minimum absolute atomic E-state index is 0.388. The lowest BCUT2D eigenvalue weighted by atomic mass is 9.96. The van der Waals surface area contributed by atoms with Gasteiger partial charge in [-0.25, -0.2) is 4.98 Å². The largest absolute Gasteiger partial charge is 0.384 e. The highest BCUT2D eigenvalue weighted by molar-refractivity contribution is 5.53. The lowest BCUT2D eigenvalue weighted by Crippen LogP contribution is -2.24. The first kappa shape index (κ1) is 14.8. The highest BCUT2D eigenvalue weighted by atomic mass is 16.5. The van der Waals surface area contributed by atoms with E-state index in [4.69, 9.17) is 9.72 Å². The van der Waals surface area contributed by atoms with Crippen LogP contribution in [0, 0.1) is 11.8 Å². The molecular formula is C18H24N4O. The van der Waals surface area contributed by atoms with E-state index in [2.05, 4.69) is 15.1 Å². The van der Waals surface area contributed by atoms with Gasteiger partial charge in [0.15, 0.2) is 5.82 Å². The van der Waals surface area contributed by atoms with E-state index in [0.29, 0.717) is 11.8 Å². The van der Waals surface area contributed by atoms with Gasteiger partial charge >= 0.3 is 0 Å². The summed E-state index contributed by atoms with van der Waals surface area (Å²) < 4.78 is 5.45. The molecule has 5 nitrogen and oxygen atoms in total. The second kappa shape index (κ2) is 6.42. The van der Waals surface area contributed by atoms with E-state index in [0.717, 1.165) is 42.8 Å². The van der Waals surface area contributed by atoms with Crippen LogP contribution < -0.4 is 0 Å². The molecule has 1 aromatic carbocycles. The fourth-order valence-corrected chi connectivity index (χ4v) is 3.62. The SMILES string of the molecule is COC[C@@H]1CN(CC2CC2)C[C@H]1c1nc(-c2ccccc2)n[nH]1. The summed E-state index contributed by atoms with van der Waals surface area (Å²) in [7, 11) is 1.79. The van der Waals surface area contributed by atoms with Crippen LogP contribution in [-0.4, -0.2) is 53.4 Å². The Kier molecular flexibility index (Phi) is 4.14. The van der Waals surface area contributed by atoms with Crippen molar-refractivity contribution in [1.29, 1.82) is 0 Å². The number of methoxy groups -OCH3 is 1. The zero-order valence-electron chi connectivity index (χ0n) is 13.6. The molecule has 2 atom stereocenters. The fraction of sp³-hybridized carbons (Fsp3) is 0.556. The number of aromatic amines is 1. The van der Waals surface area contributed by atoms with Crippen molar-refractivity contribution in [2.75, 3.05) is 33.4 Å². The van der Waals surface area contributed by atoms with Gasteiger partial charge in [-0.3, -0.25) is 5.10 Å². The van der Waals surface area contributed by atoms with Crippen LogP contribution in [0.1, 0.15) is 24.6 Å². The minimum Gasteiger partial charge on any atom is -0.384 e. The van der Waals surface area contributed by atoms with E-state index < -0.39 is 0 Å². The summed E-state index contributed by atoms with van der Waals surface area (Å²) >= 11 is 0. The molecule has 0 bridgehead atoms. The van der Waals surface area contributed by atoms with Crippen molar-refractivity contribution in [1.82, 2.24) is 20.1 Å². The van der Waals surface area contributed by atoms with Gasteiger partial charge in [0.25, 0.3) is 0 Å². The summed E-state index contributed by atoms with van der Waals surface area (Å²) in [4.78, 5) is 7.36. The van der Waals surface area contributed by atoms with Crippen molar-refractivity contribution in [2.45, 2.75) is 18.8 Å². The topological polar surface area (TPSA) is 54.0 Å². The van der Waals surface area contributed by atoms with Crippen molar-refractivity contribution in [3.8, 4) is 11.4 Å². The third-order valence-electron chi connectivity index (χ3n) is 5.00. The molecule has 1 aliphatic carbocycles. The van der Waals surface area contributed by atoms with E-state index in [1.807, 2.05) is 30.3 Å². The summed E-state index contributed by atoms with van der Waals surface area (Å²) in [5.41, 5.74) is 1.06. The van der Waals surface area contributed by atoms with Gasteiger partial charge < -0.3 is 9.64 Å². The molecule has 4 rings (SSSR count). The predicted octanol–water partition coefficient (Wildman–Crippen LogP) is 2.54. The predicted molar refractivity (Wildman–Crippen MR) is 89.1 cm³/mol. The van der Waals surface area contributed by atoms with E-state index in [-0.39, 0.29) is 0 Å². The maximum Gasteiger partial charge on any atom is 0.181 e. The number of nitrogens with one attached hydrogen (secondary N) is 1. The van der Waals surface area contributed by atoms with Crippen LogP contribution in [0.4, 0.5) is 0 Å². The molecule has 2 fully saturated rings. The zero-order chi connectivity index (χ0) is 15.6. The Bertz CT molecular complexity index is 637. The zero-order valence-corrected chi connectivity index (χ0v) is 13.6. The Balaban J connectivity index is 1.51. The van der Waals surface area contributed by atoms with Gasteiger partial charge in [-0.05, 0) is 18.8 Å². The average molecular weight is 312 g/mol. The normalized spacial score (nSPS) is 25.1. The van der Waals surface area contributed by atoms with Gasteiger partial charge in [0.05, 0.1) is 6.61 Å². The molecule has 2 heterocycles. The Labute approximate surface area is 137 Å². The lowest BCUT2D eigenvalue weighted by molar-refractivity contribution is 0.146. The third kappa shape index (κ3) is 3.31. The minimum atomic E-state index is 0.388. The van der Waals surface area contributed by atoms with Crippen LogP contribution in [0.3, 0.4) is 0 Å². The molecule has 1 aliphatic heterocycles. The number of hydrogen-bond donors (Lipinski definition) is 1. The first-order valence-electron chi connectivity index (χ1n) is 8.52. The Morgan fingerprint density at radius 1 is 1.22 bits per heavy atom. The molecule has 2 aromatic rings. The van der Waals surface area contributed by atoms with Crippen LogP contribution in [0.5, 0.6) is 0 Å². The lowest BCUT2D eigenvalue weighted by Gasteiger charge is -2.14. The van der Waals surface area contributed by atoms with E-state index in [9.17, 15) is 0 Å². The number of likely N-dealkylation sites (tertiary alicyclic amines) is 1. The molecule has 5 heteroatoms. The molecule has 0 spiro atoms. The molecule has 0 amide bonds. The molecule has 0 unspecified atom stereocenters. The number of nitrogens with zero attached hydrogens (tertiary/aromatic N) is 3. The van der Waals surface area contributed by atoms with Gasteiger partial charge in [0, 0.05) is 44.1 Å². The number of hydrogen-bond acceptors (Lipinski definition) is 4. The van der Waals surface area contributed by atoms with Crippen molar-refractivity contribution in [3.63, 3.8) is 0 Å². The molecule has 1 saturated carbocycles. The van der Waals surface area contributed by atoms with Crippen LogP contribution in [-0.2, 0) is 4.74 Å². The molecular weight excluding hydrogens is 288 g/mol. The monoisotopic (exact) mass is 312 g/mol. The summed E-state index contributed by atoms with van der Waals surface area (Å²) in [6.07, 6.45) is 2.80.